The average Bonchev–Trinajstić information content (AvgIpc) is 2.48. The van der Waals surface area contributed by atoms with E-state index in [-0.39, 0.29) is 16.5 Å². The largest absolute Gasteiger partial charge is 0.350 e. The summed E-state index contributed by atoms with van der Waals surface area (Å²) < 4.78 is 27.3. The maximum Gasteiger partial charge on any atom is 0.240 e. The van der Waals surface area contributed by atoms with Crippen LogP contribution in [-0.2, 0) is 10.0 Å². The number of rotatable bonds is 6. The molecule has 0 saturated heterocycles. The summed E-state index contributed by atoms with van der Waals surface area (Å²) >= 11 is 0. The van der Waals surface area contributed by atoms with Gasteiger partial charge in [0.2, 0.25) is 16.0 Å². The molecule has 142 valence electrons. The molecule has 3 N–H and O–H groups in total. The molecule has 0 bridgehead atoms. The summed E-state index contributed by atoms with van der Waals surface area (Å²) in [7, 11) is -3.55. The quantitative estimate of drug-likeness (QED) is 0.714. The third-order valence-corrected chi connectivity index (χ3v) is 4.91. The minimum atomic E-state index is -3.55. The summed E-state index contributed by atoms with van der Waals surface area (Å²) in [6, 6.07) is 6.47. The molecule has 0 amide bonds. The van der Waals surface area contributed by atoms with Crippen LogP contribution in [0.4, 0.5) is 17.5 Å². The number of hydrogen-bond acceptors (Lipinski definition) is 6. The highest BCUT2D eigenvalue weighted by Crippen LogP contribution is 2.22. The Morgan fingerprint density at radius 2 is 1.85 bits per heavy atom. The lowest BCUT2D eigenvalue weighted by molar-refractivity contribution is 0.570. The molecule has 26 heavy (non-hydrogen) atoms. The molecule has 0 radical (unpaired) electrons. The number of aromatic nitrogens is 2. The Balaban J connectivity index is 2.29. The highest BCUT2D eigenvalue weighted by molar-refractivity contribution is 7.89. The molecule has 0 atom stereocenters. The zero-order valence-electron chi connectivity index (χ0n) is 16.1. The Kier molecular flexibility index (Phi) is 5.87. The average molecular weight is 378 g/mol. The molecular weight excluding hydrogens is 350 g/mol. The number of nitrogens with zero attached hydrogens (tertiary/aromatic N) is 2. The summed E-state index contributed by atoms with van der Waals surface area (Å²) in [5, 5.41) is 6.40. The van der Waals surface area contributed by atoms with E-state index in [4.69, 9.17) is 0 Å². The van der Waals surface area contributed by atoms with Gasteiger partial charge in [0.25, 0.3) is 0 Å². The first-order valence-corrected chi connectivity index (χ1v) is 9.96. The van der Waals surface area contributed by atoms with Crippen molar-refractivity contribution in [2.75, 3.05) is 10.6 Å². The van der Waals surface area contributed by atoms with Gasteiger partial charge in [-0.1, -0.05) is 6.07 Å². The van der Waals surface area contributed by atoms with Gasteiger partial charge in [-0.15, -0.1) is 0 Å². The zero-order chi connectivity index (χ0) is 19.5. The van der Waals surface area contributed by atoms with Gasteiger partial charge < -0.3 is 10.6 Å². The van der Waals surface area contributed by atoms with Gasteiger partial charge in [-0.25, -0.2) is 18.1 Å². The first-order chi connectivity index (χ1) is 12.0. The van der Waals surface area contributed by atoms with Gasteiger partial charge in [-0.05, 0) is 59.7 Å². The number of benzene rings is 1. The molecule has 0 unspecified atom stereocenters. The molecule has 2 rings (SSSR count). The van der Waals surface area contributed by atoms with Crippen molar-refractivity contribution in [2.24, 2.45) is 0 Å². The Morgan fingerprint density at radius 1 is 1.15 bits per heavy atom. The summed E-state index contributed by atoms with van der Waals surface area (Å²) in [6.07, 6.45) is 1.73. The van der Waals surface area contributed by atoms with Gasteiger partial charge in [0.05, 0.1) is 4.90 Å². The molecule has 0 fully saturated rings. The fourth-order valence-corrected chi connectivity index (χ4v) is 3.52. The standard InChI is InChI=1S/C18H27N5O2S/c1-12(2)23-26(24,25)15-9-7-8-14(10-15)20-16-13(3)11-19-17(21-16)22-18(4,5)6/h7-12,23H,1-6H3,(H2,19,20,21,22). The molecule has 2 aromatic rings. The minimum absolute atomic E-state index is 0.164. The molecule has 0 aliphatic rings. The van der Waals surface area contributed by atoms with E-state index in [1.165, 1.54) is 0 Å². The topological polar surface area (TPSA) is 96.0 Å². The van der Waals surface area contributed by atoms with E-state index >= 15 is 0 Å². The Hall–Kier alpha value is -2.19. The lowest BCUT2D eigenvalue weighted by atomic mass is 10.1. The van der Waals surface area contributed by atoms with E-state index in [1.807, 2.05) is 27.7 Å². The fourth-order valence-electron chi connectivity index (χ4n) is 2.22. The van der Waals surface area contributed by atoms with E-state index in [0.717, 1.165) is 5.56 Å². The van der Waals surface area contributed by atoms with Crippen LogP contribution in [0.3, 0.4) is 0 Å². The van der Waals surface area contributed by atoms with Crippen molar-refractivity contribution in [3.8, 4) is 0 Å². The molecule has 1 aromatic heterocycles. The summed E-state index contributed by atoms with van der Waals surface area (Å²) in [6.45, 7) is 11.5. The first kappa shape index (κ1) is 20.1. The maximum atomic E-state index is 12.4. The molecule has 0 aliphatic heterocycles. The van der Waals surface area contributed by atoms with E-state index < -0.39 is 10.0 Å². The van der Waals surface area contributed by atoms with Crippen LogP contribution in [0.1, 0.15) is 40.2 Å². The molecular formula is C18H27N5O2S. The van der Waals surface area contributed by atoms with Crippen LogP contribution < -0.4 is 15.4 Å². The smallest absolute Gasteiger partial charge is 0.240 e. The number of anilines is 3. The number of hydrogen-bond donors (Lipinski definition) is 3. The van der Waals surface area contributed by atoms with Gasteiger partial charge in [-0.3, -0.25) is 0 Å². The Labute approximate surface area is 155 Å². The Morgan fingerprint density at radius 3 is 2.46 bits per heavy atom. The fraction of sp³-hybridized carbons (Fsp3) is 0.444. The van der Waals surface area contributed by atoms with Crippen LogP contribution >= 0.6 is 0 Å². The van der Waals surface area contributed by atoms with E-state index in [9.17, 15) is 8.42 Å². The molecule has 7 nitrogen and oxygen atoms in total. The molecule has 0 saturated carbocycles. The van der Waals surface area contributed by atoms with Crippen LogP contribution in [0.5, 0.6) is 0 Å². The lowest BCUT2D eigenvalue weighted by Gasteiger charge is -2.21. The third-order valence-electron chi connectivity index (χ3n) is 3.26. The summed E-state index contributed by atoms with van der Waals surface area (Å²) in [5.41, 5.74) is 1.33. The molecule has 0 spiro atoms. The van der Waals surface area contributed by atoms with E-state index in [2.05, 4.69) is 25.3 Å². The van der Waals surface area contributed by atoms with E-state index in [0.29, 0.717) is 17.5 Å². The van der Waals surface area contributed by atoms with Crippen molar-refractivity contribution in [1.82, 2.24) is 14.7 Å². The summed E-state index contributed by atoms with van der Waals surface area (Å²) in [5.74, 6) is 1.13. The number of nitrogens with one attached hydrogen (secondary N) is 3. The van der Waals surface area contributed by atoms with Crippen molar-refractivity contribution in [1.29, 1.82) is 0 Å². The van der Waals surface area contributed by atoms with Crippen LogP contribution in [0, 0.1) is 6.92 Å². The van der Waals surface area contributed by atoms with Gasteiger partial charge in [0, 0.05) is 29.0 Å². The number of sulfonamides is 1. The molecule has 1 aromatic carbocycles. The van der Waals surface area contributed by atoms with Crippen molar-refractivity contribution >= 4 is 27.5 Å². The van der Waals surface area contributed by atoms with Crippen LogP contribution in [0.2, 0.25) is 0 Å². The highest BCUT2D eigenvalue weighted by Gasteiger charge is 2.16. The predicted molar refractivity (Wildman–Crippen MR) is 105 cm³/mol. The van der Waals surface area contributed by atoms with Crippen molar-refractivity contribution in [3.05, 3.63) is 36.0 Å². The third kappa shape index (κ3) is 5.67. The molecule has 1 heterocycles. The van der Waals surface area contributed by atoms with Gasteiger partial charge in [-0.2, -0.15) is 4.98 Å². The van der Waals surface area contributed by atoms with Gasteiger partial charge in [0.1, 0.15) is 5.82 Å². The minimum Gasteiger partial charge on any atom is -0.350 e. The van der Waals surface area contributed by atoms with Crippen molar-refractivity contribution in [2.45, 2.75) is 58.0 Å². The monoisotopic (exact) mass is 377 g/mol. The number of aryl methyl sites for hydroxylation is 1. The van der Waals surface area contributed by atoms with Crippen LogP contribution in [0.25, 0.3) is 0 Å². The molecule has 8 heteroatoms. The van der Waals surface area contributed by atoms with Crippen molar-refractivity contribution in [3.63, 3.8) is 0 Å². The van der Waals surface area contributed by atoms with Crippen LogP contribution in [0.15, 0.2) is 35.4 Å². The van der Waals surface area contributed by atoms with Gasteiger partial charge >= 0.3 is 0 Å². The second-order valence-corrected chi connectivity index (χ2v) is 9.24. The lowest BCUT2D eigenvalue weighted by Crippen LogP contribution is -2.30. The second kappa shape index (κ2) is 7.59. The normalized spacial score (nSPS) is 12.3. The first-order valence-electron chi connectivity index (χ1n) is 8.47. The SMILES string of the molecule is Cc1cnc(NC(C)(C)C)nc1Nc1cccc(S(=O)(=O)NC(C)C)c1. The predicted octanol–water partition coefficient (Wildman–Crippen LogP) is 3.43. The van der Waals surface area contributed by atoms with Gasteiger partial charge in [0.15, 0.2) is 0 Å². The van der Waals surface area contributed by atoms with Crippen LogP contribution in [-0.4, -0.2) is 30.0 Å². The zero-order valence-corrected chi connectivity index (χ0v) is 16.9. The Bertz CT molecular complexity index is 873. The maximum absolute atomic E-state index is 12.4. The van der Waals surface area contributed by atoms with Crippen molar-refractivity contribution < 1.29 is 8.42 Å². The molecule has 0 aliphatic carbocycles. The van der Waals surface area contributed by atoms with E-state index in [1.54, 1.807) is 44.3 Å². The summed E-state index contributed by atoms with van der Waals surface area (Å²) in [4.78, 5) is 8.99. The second-order valence-electron chi connectivity index (χ2n) is 7.53. The highest BCUT2D eigenvalue weighted by atomic mass is 32.2.